The molecular formula is C8H14N2O2. The van der Waals surface area contributed by atoms with Crippen LogP contribution in [0.5, 0.6) is 0 Å². The standard InChI is InChI=1S/C8H14N2O2/c1-12-8(11)10-6(4-9)2-5-3-7(5)10/h5-7H,2-4,9H2,1H3. The summed E-state index contributed by atoms with van der Waals surface area (Å²) in [6, 6.07) is 0.659. The third-order valence-electron chi connectivity index (χ3n) is 2.87. The fourth-order valence-electron chi connectivity index (χ4n) is 2.16. The van der Waals surface area contributed by atoms with Gasteiger partial charge in [0.2, 0.25) is 0 Å². The van der Waals surface area contributed by atoms with Crippen molar-refractivity contribution in [3.8, 4) is 0 Å². The average molecular weight is 170 g/mol. The van der Waals surface area contributed by atoms with Gasteiger partial charge in [0.15, 0.2) is 0 Å². The second-order valence-corrected chi connectivity index (χ2v) is 3.57. The van der Waals surface area contributed by atoms with Crippen LogP contribution in [0.15, 0.2) is 0 Å². The van der Waals surface area contributed by atoms with Crippen molar-refractivity contribution in [2.45, 2.75) is 24.9 Å². The van der Waals surface area contributed by atoms with Crippen LogP contribution in [0.1, 0.15) is 12.8 Å². The van der Waals surface area contributed by atoms with E-state index in [1.54, 1.807) is 0 Å². The molecule has 0 spiro atoms. The molecule has 0 aromatic rings. The van der Waals surface area contributed by atoms with Gasteiger partial charge in [-0.15, -0.1) is 0 Å². The molecule has 12 heavy (non-hydrogen) atoms. The maximum absolute atomic E-state index is 11.3. The Hall–Kier alpha value is -0.770. The maximum atomic E-state index is 11.3. The van der Waals surface area contributed by atoms with E-state index in [2.05, 4.69) is 0 Å². The van der Waals surface area contributed by atoms with Crippen molar-refractivity contribution in [2.24, 2.45) is 11.7 Å². The minimum absolute atomic E-state index is 0.213. The summed E-state index contributed by atoms with van der Waals surface area (Å²) in [5.74, 6) is 0.706. The van der Waals surface area contributed by atoms with E-state index in [0.29, 0.717) is 18.5 Å². The molecule has 1 heterocycles. The molecule has 3 unspecified atom stereocenters. The van der Waals surface area contributed by atoms with Crippen molar-refractivity contribution >= 4 is 6.09 Å². The van der Waals surface area contributed by atoms with Crippen LogP contribution in [0, 0.1) is 5.92 Å². The van der Waals surface area contributed by atoms with Crippen LogP contribution in [0.2, 0.25) is 0 Å². The highest BCUT2D eigenvalue weighted by molar-refractivity contribution is 5.69. The first-order valence-electron chi connectivity index (χ1n) is 4.34. The van der Waals surface area contributed by atoms with Crippen LogP contribution < -0.4 is 5.73 Å². The van der Waals surface area contributed by atoms with Crippen molar-refractivity contribution in [3.63, 3.8) is 0 Å². The van der Waals surface area contributed by atoms with Crippen LogP contribution in [-0.2, 0) is 4.74 Å². The van der Waals surface area contributed by atoms with Gasteiger partial charge in [-0.05, 0) is 18.8 Å². The van der Waals surface area contributed by atoms with Crippen molar-refractivity contribution in [3.05, 3.63) is 0 Å². The summed E-state index contributed by atoms with van der Waals surface area (Å²) < 4.78 is 4.69. The topological polar surface area (TPSA) is 55.6 Å². The number of rotatable bonds is 1. The zero-order chi connectivity index (χ0) is 8.72. The van der Waals surface area contributed by atoms with Gasteiger partial charge in [0.25, 0.3) is 0 Å². The Morgan fingerprint density at radius 2 is 2.42 bits per heavy atom. The minimum Gasteiger partial charge on any atom is -0.453 e. The van der Waals surface area contributed by atoms with Gasteiger partial charge in [-0.2, -0.15) is 0 Å². The normalized spacial score (nSPS) is 37.8. The first-order valence-corrected chi connectivity index (χ1v) is 4.34. The molecule has 1 aliphatic heterocycles. The van der Waals surface area contributed by atoms with Gasteiger partial charge in [0.1, 0.15) is 0 Å². The number of likely N-dealkylation sites (tertiary alicyclic amines) is 1. The molecular weight excluding hydrogens is 156 g/mol. The number of hydrogen-bond acceptors (Lipinski definition) is 3. The summed E-state index contributed by atoms with van der Waals surface area (Å²) in [6.07, 6.45) is 2.00. The molecule has 1 saturated carbocycles. The number of carbonyl (C=O) groups is 1. The fraction of sp³-hybridized carbons (Fsp3) is 0.875. The molecule has 0 radical (unpaired) electrons. The van der Waals surface area contributed by atoms with Crippen LogP contribution in [0.3, 0.4) is 0 Å². The highest BCUT2D eigenvalue weighted by Crippen LogP contribution is 2.47. The smallest absolute Gasteiger partial charge is 0.410 e. The SMILES string of the molecule is COC(=O)N1C(CN)CC2CC21. The first-order chi connectivity index (χ1) is 5.77. The summed E-state index contributed by atoms with van der Waals surface area (Å²) in [5.41, 5.74) is 5.55. The molecule has 0 bridgehead atoms. The van der Waals surface area contributed by atoms with Crippen LogP contribution >= 0.6 is 0 Å². The van der Waals surface area contributed by atoms with E-state index in [1.165, 1.54) is 7.11 Å². The van der Waals surface area contributed by atoms with E-state index in [9.17, 15) is 4.79 Å². The Bertz CT molecular complexity index is 207. The van der Waals surface area contributed by atoms with Crippen LogP contribution in [0.25, 0.3) is 0 Å². The summed E-state index contributed by atoms with van der Waals surface area (Å²) in [6.45, 7) is 0.558. The largest absolute Gasteiger partial charge is 0.453 e. The lowest BCUT2D eigenvalue weighted by Gasteiger charge is -2.24. The number of nitrogens with zero attached hydrogens (tertiary/aromatic N) is 1. The molecule has 0 aromatic carbocycles. The van der Waals surface area contributed by atoms with Crippen molar-refractivity contribution in [1.82, 2.24) is 4.90 Å². The third-order valence-corrected chi connectivity index (χ3v) is 2.87. The number of amides is 1. The van der Waals surface area contributed by atoms with Gasteiger partial charge in [0, 0.05) is 18.6 Å². The van der Waals surface area contributed by atoms with E-state index in [0.717, 1.165) is 12.8 Å². The molecule has 4 nitrogen and oxygen atoms in total. The van der Waals surface area contributed by atoms with E-state index < -0.39 is 0 Å². The highest BCUT2D eigenvalue weighted by Gasteiger charge is 2.53. The first kappa shape index (κ1) is 7.86. The summed E-state index contributed by atoms with van der Waals surface area (Å²) in [7, 11) is 1.42. The molecule has 0 aromatic heterocycles. The average Bonchev–Trinajstić information content (AvgIpc) is 2.76. The van der Waals surface area contributed by atoms with Crippen molar-refractivity contribution < 1.29 is 9.53 Å². The third kappa shape index (κ3) is 0.982. The Kier molecular flexibility index (Phi) is 1.72. The number of hydrogen-bond donors (Lipinski definition) is 1. The van der Waals surface area contributed by atoms with E-state index in [1.807, 2.05) is 4.90 Å². The van der Waals surface area contributed by atoms with Gasteiger partial charge < -0.3 is 15.4 Å². The molecule has 2 rings (SSSR count). The molecule has 4 heteroatoms. The Labute approximate surface area is 71.7 Å². The summed E-state index contributed by atoms with van der Waals surface area (Å²) in [5, 5.41) is 0. The quantitative estimate of drug-likeness (QED) is 0.610. The summed E-state index contributed by atoms with van der Waals surface area (Å²) >= 11 is 0. The predicted molar refractivity (Wildman–Crippen MR) is 43.6 cm³/mol. The fourth-order valence-corrected chi connectivity index (χ4v) is 2.16. The number of methoxy groups -OCH3 is 1. The monoisotopic (exact) mass is 170 g/mol. The molecule has 1 saturated heterocycles. The van der Waals surface area contributed by atoms with Crippen LogP contribution in [0.4, 0.5) is 4.79 Å². The number of ether oxygens (including phenoxy) is 1. The molecule has 1 aliphatic carbocycles. The van der Waals surface area contributed by atoms with Gasteiger partial charge >= 0.3 is 6.09 Å². The van der Waals surface area contributed by atoms with Crippen molar-refractivity contribution in [1.29, 1.82) is 0 Å². The van der Waals surface area contributed by atoms with E-state index in [4.69, 9.17) is 10.5 Å². The molecule has 68 valence electrons. The maximum Gasteiger partial charge on any atom is 0.410 e. The lowest BCUT2D eigenvalue weighted by Crippen LogP contribution is -2.42. The number of carbonyl (C=O) groups excluding carboxylic acids is 1. The second-order valence-electron chi connectivity index (χ2n) is 3.57. The van der Waals surface area contributed by atoms with Crippen LogP contribution in [-0.4, -0.2) is 36.7 Å². The Morgan fingerprint density at radius 1 is 1.67 bits per heavy atom. The Balaban J connectivity index is 2.05. The van der Waals surface area contributed by atoms with Gasteiger partial charge in [-0.3, -0.25) is 0 Å². The van der Waals surface area contributed by atoms with Gasteiger partial charge in [0.05, 0.1) is 7.11 Å². The lowest BCUT2D eigenvalue weighted by atomic mass is 10.2. The molecule has 2 aliphatic rings. The zero-order valence-electron chi connectivity index (χ0n) is 7.19. The minimum atomic E-state index is -0.213. The van der Waals surface area contributed by atoms with Gasteiger partial charge in [-0.1, -0.05) is 0 Å². The number of piperidine rings is 1. The van der Waals surface area contributed by atoms with E-state index in [-0.39, 0.29) is 12.1 Å². The Morgan fingerprint density at radius 3 is 3.00 bits per heavy atom. The number of nitrogens with two attached hydrogens (primary N) is 1. The van der Waals surface area contributed by atoms with Crippen molar-refractivity contribution in [2.75, 3.05) is 13.7 Å². The number of fused-ring (bicyclic) bond motifs is 1. The van der Waals surface area contributed by atoms with E-state index >= 15 is 0 Å². The summed E-state index contributed by atoms with van der Waals surface area (Å²) in [4.78, 5) is 13.1. The molecule has 1 amide bonds. The second kappa shape index (κ2) is 2.62. The predicted octanol–water partition coefficient (Wildman–Crippen LogP) is 0.174. The molecule has 3 atom stereocenters. The molecule has 2 fully saturated rings. The molecule has 2 N–H and O–H groups in total. The highest BCUT2D eigenvalue weighted by atomic mass is 16.5. The van der Waals surface area contributed by atoms with Gasteiger partial charge in [-0.25, -0.2) is 4.79 Å². The zero-order valence-corrected chi connectivity index (χ0v) is 7.19. The lowest BCUT2D eigenvalue weighted by molar-refractivity contribution is 0.111.